The van der Waals surface area contributed by atoms with Crippen LogP contribution >= 0.6 is 0 Å². The molecule has 0 atom stereocenters. The summed E-state index contributed by atoms with van der Waals surface area (Å²) >= 11 is 0. The summed E-state index contributed by atoms with van der Waals surface area (Å²) in [5.41, 5.74) is 3.87. The summed E-state index contributed by atoms with van der Waals surface area (Å²) in [6.07, 6.45) is 0.399. The first-order valence-electron chi connectivity index (χ1n) is 25.7. The molecule has 81 heavy (non-hydrogen) atoms. The molecule has 0 fully saturated rings. The molecule has 0 spiro atoms. The summed E-state index contributed by atoms with van der Waals surface area (Å²) in [4.78, 5) is 91.7. The molecule has 0 aliphatic rings. The standard InChI is InChI=1S/C63H47N3O15/c1-5-76-61(70)49-46(34-19-21-36(73-2)22-20-34)55-53(65-58(49)67)40-23-17-32(29-44(40)80-55)25-27-77-62(71)50-47(35-11-10-12-37(31-35)74-3)56-54(66-59(50)68)41-24-18-33(30-45(41)81-56)26-28-78-63(72)51-48(38-13-6-8-15-42(38)75-4)57-52(64-60(51)69)39-14-7-9-16-43(39)79-57/h6-24,29-31H,5,25-28H2,1-4H3,(H,64,69)(H,65,67)(H,66,68). The molecule has 0 saturated carbocycles. The number of benzene rings is 6. The van der Waals surface area contributed by atoms with E-state index in [0.29, 0.717) is 100 Å². The van der Waals surface area contributed by atoms with Crippen molar-refractivity contribution >= 4 is 84.1 Å². The van der Waals surface area contributed by atoms with E-state index in [1.165, 1.54) is 21.3 Å². The van der Waals surface area contributed by atoms with Crippen LogP contribution in [0.5, 0.6) is 17.2 Å². The van der Waals surface area contributed by atoms with Crippen LogP contribution in [0, 0.1) is 0 Å². The number of furan rings is 3. The van der Waals surface area contributed by atoms with E-state index in [2.05, 4.69) is 15.0 Å². The summed E-state index contributed by atoms with van der Waals surface area (Å²) in [6, 6.07) is 38.6. The normalized spacial score (nSPS) is 11.5. The second kappa shape index (κ2) is 21.0. The number of ether oxygens (including phenoxy) is 6. The number of hydrogen-bond acceptors (Lipinski definition) is 15. The Kier molecular flexibility index (Phi) is 13.2. The number of carbonyl (C=O) groups is 3. The Labute approximate surface area is 457 Å². The zero-order valence-electron chi connectivity index (χ0n) is 43.9. The second-order valence-electron chi connectivity index (χ2n) is 18.8. The zero-order valence-corrected chi connectivity index (χ0v) is 43.9. The molecule has 12 rings (SSSR count). The number of H-pyrrole nitrogens is 3. The third-order valence-electron chi connectivity index (χ3n) is 14.2. The summed E-state index contributed by atoms with van der Waals surface area (Å²) in [5.74, 6) is -1.13. The Morgan fingerprint density at radius 3 is 1.51 bits per heavy atom. The lowest BCUT2D eigenvalue weighted by Crippen LogP contribution is -2.22. The number of hydrogen-bond donors (Lipinski definition) is 3. The molecule has 0 aliphatic carbocycles. The summed E-state index contributed by atoms with van der Waals surface area (Å²) in [5, 5.41) is 1.78. The maximum absolute atomic E-state index is 14.3. The molecule has 6 aromatic carbocycles. The third-order valence-corrected chi connectivity index (χ3v) is 14.2. The number of para-hydroxylation sites is 2. The zero-order chi connectivity index (χ0) is 56.1. The fourth-order valence-electron chi connectivity index (χ4n) is 10.4. The van der Waals surface area contributed by atoms with Gasteiger partial charge in [0.1, 0.15) is 50.7 Å². The van der Waals surface area contributed by atoms with Crippen molar-refractivity contribution in [1.82, 2.24) is 15.0 Å². The number of aromatic nitrogens is 3. The van der Waals surface area contributed by atoms with Crippen LogP contribution in [0.2, 0.25) is 0 Å². The fourth-order valence-corrected chi connectivity index (χ4v) is 10.4. The van der Waals surface area contributed by atoms with Gasteiger partial charge in [0.05, 0.1) is 63.3 Å². The minimum Gasteiger partial charge on any atom is -0.497 e. The highest BCUT2D eigenvalue weighted by Gasteiger charge is 2.30. The molecule has 0 amide bonds. The molecule has 12 aromatic rings. The average Bonchev–Trinajstić information content (AvgIpc) is 4.02. The van der Waals surface area contributed by atoms with Crippen LogP contribution in [0.1, 0.15) is 49.1 Å². The van der Waals surface area contributed by atoms with Crippen LogP contribution in [0.4, 0.5) is 0 Å². The molecular formula is C63H47N3O15. The molecule has 3 N–H and O–H groups in total. The lowest BCUT2D eigenvalue weighted by molar-refractivity contribution is 0.0498. The van der Waals surface area contributed by atoms with Crippen molar-refractivity contribution in [3.63, 3.8) is 0 Å². The van der Waals surface area contributed by atoms with E-state index in [9.17, 15) is 28.8 Å². The van der Waals surface area contributed by atoms with E-state index in [4.69, 9.17) is 41.7 Å². The van der Waals surface area contributed by atoms with E-state index in [1.54, 1.807) is 122 Å². The Morgan fingerprint density at radius 1 is 0.444 bits per heavy atom. The maximum Gasteiger partial charge on any atom is 0.344 e. The highest BCUT2D eigenvalue weighted by molar-refractivity contribution is 6.15. The van der Waals surface area contributed by atoms with Crippen molar-refractivity contribution in [3.8, 4) is 50.6 Å². The number of nitrogens with one attached hydrogen (secondary N) is 3. The van der Waals surface area contributed by atoms with Gasteiger partial charge in [-0.25, -0.2) is 14.4 Å². The van der Waals surface area contributed by atoms with Gasteiger partial charge < -0.3 is 56.6 Å². The molecule has 18 nitrogen and oxygen atoms in total. The van der Waals surface area contributed by atoms with Crippen LogP contribution in [-0.4, -0.2) is 74.0 Å². The average molecular weight is 1090 g/mol. The van der Waals surface area contributed by atoms with Crippen molar-refractivity contribution < 1.29 is 56.1 Å². The molecule has 6 aromatic heterocycles. The first-order valence-corrected chi connectivity index (χ1v) is 25.7. The number of rotatable bonds is 16. The summed E-state index contributed by atoms with van der Waals surface area (Å²) in [6.45, 7) is 1.41. The van der Waals surface area contributed by atoms with Gasteiger partial charge in [-0.15, -0.1) is 0 Å². The Balaban J connectivity index is 0.824. The number of carbonyl (C=O) groups excluding carboxylic acids is 3. The quantitative estimate of drug-likeness (QED) is 0.0601. The largest absolute Gasteiger partial charge is 0.497 e. The predicted molar refractivity (Wildman–Crippen MR) is 303 cm³/mol. The topological polar surface area (TPSA) is 245 Å². The highest BCUT2D eigenvalue weighted by Crippen LogP contribution is 2.42. The van der Waals surface area contributed by atoms with Crippen LogP contribution in [0.3, 0.4) is 0 Å². The maximum atomic E-state index is 14.3. The summed E-state index contributed by atoms with van der Waals surface area (Å²) in [7, 11) is 4.53. The molecule has 18 heteroatoms. The molecule has 6 heterocycles. The smallest absolute Gasteiger partial charge is 0.344 e. The molecule has 404 valence electrons. The van der Waals surface area contributed by atoms with Crippen molar-refractivity contribution in [3.05, 3.63) is 192 Å². The second-order valence-corrected chi connectivity index (χ2v) is 18.8. The van der Waals surface area contributed by atoms with Crippen molar-refractivity contribution in [2.45, 2.75) is 19.8 Å². The van der Waals surface area contributed by atoms with Crippen LogP contribution in [0.25, 0.3) is 99.6 Å². The Bertz CT molecular complexity index is 4710. The van der Waals surface area contributed by atoms with Gasteiger partial charge in [0.2, 0.25) is 0 Å². The SMILES string of the molecule is CCOC(=O)c1c(-c2ccc(OC)cc2)c2oc3cc(CCOC(=O)c4c(-c5cccc(OC)c5)c5oc6cc(CCOC(=O)c7c(-c8ccccc8OC)c8oc9ccccc9c8[nH]c7=O)ccc6c5[nH]c4=O)ccc3c2[nH]c1=O. The number of esters is 3. The van der Waals surface area contributed by atoms with Crippen molar-refractivity contribution in [1.29, 1.82) is 0 Å². The molecule has 0 unspecified atom stereocenters. The first-order chi connectivity index (χ1) is 39.5. The monoisotopic (exact) mass is 1090 g/mol. The van der Waals surface area contributed by atoms with Gasteiger partial charge in [-0.05, 0) is 95.9 Å². The lowest BCUT2D eigenvalue weighted by Gasteiger charge is -2.13. The van der Waals surface area contributed by atoms with Gasteiger partial charge in [-0.3, -0.25) is 14.4 Å². The van der Waals surface area contributed by atoms with Crippen molar-refractivity contribution in [2.24, 2.45) is 0 Å². The minimum absolute atomic E-state index is 0.0503. The van der Waals surface area contributed by atoms with Gasteiger partial charge in [0, 0.05) is 45.7 Å². The molecular weight excluding hydrogens is 1040 g/mol. The van der Waals surface area contributed by atoms with E-state index in [1.807, 2.05) is 18.2 Å². The Hall–Kier alpha value is -10.6. The van der Waals surface area contributed by atoms with E-state index >= 15 is 0 Å². The lowest BCUT2D eigenvalue weighted by atomic mass is 9.98. The van der Waals surface area contributed by atoms with Gasteiger partial charge in [-0.1, -0.05) is 66.7 Å². The fraction of sp³-hybridized carbons (Fsp3) is 0.143. The van der Waals surface area contributed by atoms with E-state index in [-0.39, 0.29) is 77.2 Å². The Morgan fingerprint density at radius 2 is 0.938 bits per heavy atom. The minimum atomic E-state index is -0.913. The molecule has 0 radical (unpaired) electrons. The van der Waals surface area contributed by atoms with Gasteiger partial charge in [0.25, 0.3) is 16.7 Å². The van der Waals surface area contributed by atoms with Crippen molar-refractivity contribution in [2.75, 3.05) is 41.2 Å². The van der Waals surface area contributed by atoms with Crippen LogP contribution < -0.4 is 30.9 Å². The summed E-state index contributed by atoms with van der Waals surface area (Å²) < 4.78 is 52.7. The van der Waals surface area contributed by atoms with Gasteiger partial charge >= 0.3 is 17.9 Å². The number of fused-ring (bicyclic) bond motifs is 9. The highest BCUT2D eigenvalue weighted by atomic mass is 16.5. The molecule has 0 aliphatic heterocycles. The molecule has 0 saturated heterocycles. The number of methoxy groups -OCH3 is 3. The first kappa shape index (κ1) is 51.2. The third kappa shape index (κ3) is 9.07. The van der Waals surface area contributed by atoms with Gasteiger partial charge in [-0.2, -0.15) is 0 Å². The van der Waals surface area contributed by atoms with E-state index < -0.39 is 34.6 Å². The number of pyridine rings is 3. The van der Waals surface area contributed by atoms with Crippen LogP contribution in [-0.2, 0) is 27.1 Å². The number of aromatic amines is 3. The van der Waals surface area contributed by atoms with E-state index in [0.717, 1.165) is 0 Å². The molecule has 0 bridgehead atoms. The predicted octanol–water partition coefficient (Wildman–Crippen LogP) is 11.5. The van der Waals surface area contributed by atoms with Gasteiger partial charge in [0.15, 0.2) is 16.7 Å². The van der Waals surface area contributed by atoms with Crippen LogP contribution in [0.15, 0.2) is 161 Å².